The van der Waals surface area contributed by atoms with Gasteiger partial charge in [0.2, 0.25) is 0 Å². The molecule has 0 aliphatic rings. The van der Waals surface area contributed by atoms with Gasteiger partial charge in [-0.05, 0) is 12.8 Å². The predicted octanol–water partition coefficient (Wildman–Crippen LogP) is 1.79. The van der Waals surface area contributed by atoms with Crippen LogP contribution in [0.1, 0.15) is 33.1 Å². The number of rotatable bonds is 4. The second kappa shape index (κ2) is 4.94. The van der Waals surface area contributed by atoms with Crippen LogP contribution in [0.4, 0.5) is 0 Å². The lowest BCUT2D eigenvalue weighted by Crippen LogP contribution is -2.12. The molecule has 0 rings (SSSR count). The average Bonchev–Trinajstić information content (AvgIpc) is 1.82. The molecule has 0 heterocycles. The van der Waals surface area contributed by atoms with Crippen molar-refractivity contribution in [2.75, 3.05) is 0 Å². The van der Waals surface area contributed by atoms with Crippen LogP contribution in [0.5, 0.6) is 0 Å². The van der Waals surface area contributed by atoms with Crippen LogP contribution in [0.15, 0.2) is 0 Å². The summed E-state index contributed by atoms with van der Waals surface area (Å²) < 4.78 is 19.0. The summed E-state index contributed by atoms with van der Waals surface area (Å²) in [5.74, 6) is 0. The number of hydrogen-bond donors (Lipinski definition) is 1. The lowest BCUT2D eigenvalue weighted by molar-refractivity contribution is 0.534. The van der Waals surface area contributed by atoms with Crippen molar-refractivity contribution in [2.24, 2.45) is 0 Å². The van der Waals surface area contributed by atoms with Crippen LogP contribution in [0, 0.1) is 0 Å². The van der Waals surface area contributed by atoms with Crippen LogP contribution >= 0.6 is 0 Å². The lowest BCUT2D eigenvalue weighted by atomic mass is 10.2. The molecule has 0 aromatic carbocycles. The van der Waals surface area contributed by atoms with Gasteiger partial charge in [-0.1, -0.05) is 20.3 Å². The van der Waals surface area contributed by atoms with Gasteiger partial charge in [-0.15, -0.1) is 0 Å². The van der Waals surface area contributed by atoms with Gasteiger partial charge in [-0.2, -0.15) is 0 Å². The van der Waals surface area contributed by atoms with Crippen molar-refractivity contribution >= 4 is 11.1 Å². The van der Waals surface area contributed by atoms with Crippen molar-refractivity contribution in [3.05, 3.63) is 0 Å². The molecule has 9 heavy (non-hydrogen) atoms. The van der Waals surface area contributed by atoms with Crippen LogP contribution < -0.4 is 0 Å². The lowest BCUT2D eigenvalue weighted by Gasteiger charge is -2.06. The third-order valence-electron chi connectivity index (χ3n) is 1.35. The Morgan fingerprint density at radius 2 is 2.11 bits per heavy atom. The van der Waals surface area contributed by atoms with Gasteiger partial charge in [0.05, 0.1) is 5.25 Å². The van der Waals surface area contributed by atoms with Crippen molar-refractivity contribution in [1.29, 1.82) is 0 Å². The molecule has 0 spiro atoms. The number of hydrogen-bond acceptors (Lipinski definition) is 1. The highest BCUT2D eigenvalue weighted by molar-refractivity contribution is 7.79. The monoisotopic (exact) mass is 150 g/mol. The normalized spacial score (nSPS) is 17.2. The highest BCUT2D eigenvalue weighted by Gasteiger charge is 2.09. The fourth-order valence-electron chi connectivity index (χ4n) is 0.769. The van der Waals surface area contributed by atoms with Crippen molar-refractivity contribution in [2.45, 2.75) is 38.4 Å². The van der Waals surface area contributed by atoms with E-state index in [1.807, 2.05) is 13.8 Å². The van der Waals surface area contributed by atoms with Gasteiger partial charge in [-0.3, -0.25) is 0 Å². The van der Waals surface area contributed by atoms with Crippen molar-refractivity contribution in [1.82, 2.24) is 0 Å². The molecule has 0 aromatic heterocycles. The van der Waals surface area contributed by atoms with Gasteiger partial charge in [0, 0.05) is 0 Å². The van der Waals surface area contributed by atoms with Crippen LogP contribution in [0.25, 0.3) is 0 Å². The molecule has 0 aliphatic carbocycles. The fraction of sp³-hybridized carbons (Fsp3) is 1.00. The fourth-order valence-corrected chi connectivity index (χ4v) is 1.49. The maximum absolute atomic E-state index is 10.4. The maximum Gasteiger partial charge on any atom is 0.155 e. The van der Waals surface area contributed by atoms with E-state index >= 15 is 0 Å². The van der Waals surface area contributed by atoms with Gasteiger partial charge in [0.15, 0.2) is 11.1 Å². The van der Waals surface area contributed by atoms with Gasteiger partial charge in [-0.25, -0.2) is 4.21 Å². The summed E-state index contributed by atoms with van der Waals surface area (Å²) in [6.07, 6.45) is 2.65. The minimum atomic E-state index is -1.60. The highest BCUT2D eigenvalue weighted by atomic mass is 32.2. The Labute approximate surface area is 58.9 Å². The predicted molar refractivity (Wildman–Crippen MR) is 39.8 cm³/mol. The highest BCUT2D eigenvalue weighted by Crippen LogP contribution is 2.06. The second-order valence-electron chi connectivity index (χ2n) is 2.10. The molecule has 2 nitrogen and oxygen atoms in total. The zero-order valence-electron chi connectivity index (χ0n) is 5.96. The van der Waals surface area contributed by atoms with Crippen molar-refractivity contribution < 1.29 is 8.76 Å². The van der Waals surface area contributed by atoms with E-state index in [2.05, 4.69) is 0 Å². The van der Waals surface area contributed by atoms with Gasteiger partial charge < -0.3 is 4.55 Å². The van der Waals surface area contributed by atoms with E-state index in [-0.39, 0.29) is 5.25 Å². The third-order valence-corrected chi connectivity index (χ3v) is 2.49. The summed E-state index contributed by atoms with van der Waals surface area (Å²) in [6.45, 7) is 3.96. The molecular weight excluding hydrogens is 136 g/mol. The first kappa shape index (κ1) is 9.11. The molecule has 56 valence electrons. The van der Waals surface area contributed by atoms with Gasteiger partial charge in [0.1, 0.15) is 0 Å². The van der Waals surface area contributed by atoms with Gasteiger partial charge in [0.25, 0.3) is 0 Å². The molecule has 0 aromatic rings. The van der Waals surface area contributed by atoms with E-state index in [0.717, 1.165) is 19.3 Å². The average molecular weight is 150 g/mol. The Bertz CT molecular complexity index is 93.1. The molecule has 0 radical (unpaired) electrons. The summed E-state index contributed by atoms with van der Waals surface area (Å²) in [6, 6.07) is 0. The molecule has 0 bridgehead atoms. The van der Waals surface area contributed by atoms with Crippen LogP contribution in [-0.2, 0) is 11.1 Å². The first-order chi connectivity index (χ1) is 4.22. The molecule has 2 atom stereocenters. The molecule has 0 amide bonds. The largest absolute Gasteiger partial charge is 0.306 e. The van der Waals surface area contributed by atoms with E-state index in [4.69, 9.17) is 4.55 Å². The smallest absolute Gasteiger partial charge is 0.155 e. The first-order valence-corrected chi connectivity index (χ1v) is 4.49. The SMILES string of the molecule is CCCC(CC)S(=O)O. The van der Waals surface area contributed by atoms with E-state index in [0.29, 0.717) is 0 Å². The molecule has 0 fully saturated rings. The summed E-state index contributed by atoms with van der Waals surface area (Å²) in [7, 11) is 0. The van der Waals surface area contributed by atoms with Crippen molar-refractivity contribution in [3.8, 4) is 0 Å². The summed E-state index contributed by atoms with van der Waals surface area (Å²) in [5.41, 5.74) is 0. The zero-order chi connectivity index (χ0) is 7.28. The van der Waals surface area contributed by atoms with Crippen LogP contribution in [0.2, 0.25) is 0 Å². The molecule has 0 saturated carbocycles. The Kier molecular flexibility index (Phi) is 5.00. The molecule has 0 saturated heterocycles. The topological polar surface area (TPSA) is 37.3 Å². The minimum Gasteiger partial charge on any atom is -0.306 e. The Morgan fingerprint density at radius 3 is 2.22 bits per heavy atom. The minimum absolute atomic E-state index is 0.00463. The van der Waals surface area contributed by atoms with Crippen molar-refractivity contribution in [3.63, 3.8) is 0 Å². The Morgan fingerprint density at radius 1 is 1.56 bits per heavy atom. The summed E-state index contributed by atoms with van der Waals surface area (Å²) >= 11 is -1.60. The molecule has 0 aliphatic heterocycles. The molecule has 2 unspecified atom stereocenters. The summed E-state index contributed by atoms with van der Waals surface area (Å²) in [4.78, 5) is 0. The third kappa shape index (κ3) is 3.65. The molecule has 3 heteroatoms. The summed E-state index contributed by atoms with van der Waals surface area (Å²) in [5, 5.41) is -0.00463. The Hall–Kier alpha value is 0.110. The zero-order valence-corrected chi connectivity index (χ0v) is 6.78. The molecule has 1 N–H and O–H groups in total. The second-order valence-corrected chi connectivity index (χ2v) is 3.31. The maximum atomic E-state index is 10.4. The van der Waals surface area contributed by atoms with E-state index in [9.17, 15) is 4.21 Å². The standard InChI is InChI=1S/C6H14O2S/c1-3-5-6(4-2)9(7)8/h6H,3-5H2,1-2H3,(H,7,8). The molecular formula is C6H14O2S. The van der Waals surface area contributed by atoms with E-state index in [1.54, 1.807) is 0 Å². The van der Waals surface area contributed by atoms with Crippen LogP contribution in [-0.4, -0.2) is 14.0 Å². The van der Waals surface area contributed by atoms with E-state index < -0.39 is 11.1 Å². The van der Waals surface area contributed by atoms with E-state index in [1.165, 1.54) is 0 Å². The Balaban J connectivity index is 3.54. The quantitative estimate of drug-likeness (QED) is 0.620. The first-order valence-electron chi connectivity index (χ1n) is 3.32. The van der Waals surface area contributed by atoms with Gasteiger partial charge >= 0.3 is 0 Å². The van der Waals surface area contributed by atoms with Crippen LogP contribution in [0.3, 0.4) is 0 Å².